The van der Waals surface area contributed by atoms with Crippen LogP contribution in [-0.2, 0) is 4.65 Å². The van der Waals surface area contributed by atoms with Gasteiger partial charge in [-0.25, -0.2) is 0 Å². The van der Waals surface area contributed by atoms with Crippen LogP contribution in [0.15, 0.2) is 53.1 Å². The zero-order valence-electron chi connectivity index (χ0n) is 15.4. The highest BCUT2D eigenvalue weighted by atomic mass is 16.5. The molecular weight excluding hydrogens is 325 g/mol. The van der Waals surface area contributed by atoms with E-state index in [9.17, 15) is 5.11 Å². The molecule has 26 heavy (non-hydrogen) atoms. The Hall–Kier alpha value is -2.37. The van der Waals surface area contributed by atoms with Crippen molar-refractivity contribution in [3.63, 3.8) is 0 Å². The third-order valence-corrected chi connectivity index (χ3v) is 5.22. The van der Waals surface area contributed by atoms with Gasteiger partial charge in [-0.05, 0) is 51.4 Å². The minimum Gasteiger partial charge on any atom is -0.455 e. The van der Waals surface area contributed by atoms with Gasteiger partial charge in [0.05, 0.1) is 16.7 Å². The first-order chi connectivity index (χ1) is 12.3. The molecule has 0 aliphatic heterocycles. The van der Waals surface area contributed by atoms with Crippen molar-refractivity contribution in [3.05, 3.63) is 48.7 Å². The second kappa shape index (κ2) is 5.83. The lowest BCUT2D eigenvalue weighted by Crippen LogP contribution is -2.49. The molecule has 1 N–H and O–H groups in total. The third-order valence-electron chi connectivity index (χ3n) is 5.22. The number of rotatable bonds is 4. The summed E-state index contributed by atoms with van der Waals surface area (Å²) in [6, 6.07) is 13.8. The van der Waals surface area contributed by atoms with Gasteiger partial charge in [-0.1, -0.05) is 24.3 Å². The van der Waals surface area contributed by atoms with Crippen molar-refractivity contribution in [1.29, 1.82) is 0 Å². The van der Waals surface area contributed by atoms with Crippen LogP contribution in [0.3, 0.4) is 0 Å². The first-order valence-electron chi connectivity index (χ1n) is 8.70. The largest absolute Gasteiger partial charge is 0.455 e. The Morgan fingerprint density at radius 2 is 1.77 bits per heavy atom. The molecule has 0 aliphatic carbocycles. The van der Waals surface area contributed by atoms with Crippen LogP contribution in [0.1, 0.15) is 27.7 Å². The van der Waals surface area contributed by atoms with Crippen LogP contribution in [0.25, 0.3) is 32.8 Å². The molecule has 4 aromatic rings. The van der Waals surface area contributed by atoms with Crippen molar-refractivity contribution >= 4 is 45.8 Å². The molecule has 0 bridgehead atoms. The van der Waals surface area contributed by atoms with E-state index in [2.05, 4.69) is 4.98 Å². The van der Waals surface area contributed by atoms with Crippen LogP contribution >= 0.6 is 0 Å². The maximum Gasteiger partial charge on any atom is 0.331 e. The summed E-state index contributed by atoms with van der Waals surface area (Å²) in [5.74, 6) is 0. The number of benzene rings is 2. The lowest BCUT2D eigenvalue weighted by molar-refractivity contribution is -0.0893. The van der Waals surface area contributed by atoms with Gasteiger partial charge < -0.3 is 14.2 Å². The number of aliphatic hydroxyl groups is 1. The highest BCUT2D eigenvalue weighted by Crippen LogP contribution is 2.32. The zero-order valence-corrected chi connectivity index (χ0v) is 15.4. The molecule has 0 aliphatic rings. The average Bonchev–Trinajstić information content (AvgIpc) is 2.98. The van der Waals surface area contributed by atoms with Crippen molar-refractivity contribution < 1.29 is 14.2 Å². The predicted octanol–water partition coefficient (Wildman–Crippen LogP) is 3.94. The Morgan fingerprint density at radius 1 is 1.00 bits per heavy atom. The van der Waals surface area contributed by atoms with Crippen molar-refractivity contribution in [2.24, 2.45) is 0 Å². The SMILES string of the molecule is CC(C)(O)C(C)(C)O[B]c1cccc2oc3c4ccccc4ncc3c12. The highest BCUT2D eigenvalue weighted by Gasteiger charge is 2.36. The van der Waals surface area contributed by atoms with E-state index in [1.807, 2.05) is 62.5 Å². The zero-order chi connectivity index (χ0) is 18.5. The fourth-order valence-corrected chi connectivity index (χ4v) is 2.89. The quantitative estimate of drug-likeness (QED) is 0.569. The number of para-hydroxylation sites is 1. The Labute approximate surface area is 153 Å². The van der Waals surface area contributed by atoms with Crippen LogP contribution in [0.2, 0.25) is 0 Å². The van der Waals surface area contributed by atoms with Gasteiger partial charge in [-0.2, -0.15) is 0 Å². The number of fused-ring (bicyclic) bond motifs is 5. The van der Waals surface area contributed by atoms with Gasteiger partial charge in [0, 0.05) is 22.4 Å². The Morgan fingerprint density at radius 3 is 2.54 bits per heavy atom. The van der Waals surface area contributed by atoms with Gasteiger partial charge in [0.25, 0.3) is 0 Å². The summed E-state index contributed by atoms with van der Waals surface area (Å²) >= 11 is 0. The summed E-state index contributed by atoms with van der Waals surface area (Å²) in [5, 5.41) is 13.2. The van der Waals surface area contributed by atoms with Crippen LogP contribution in [0.4, 0.5) is 0 Å². The molecule has 4 nitrogen and oxygen atoms in total. The van der Waals surface area contributed by atoms with Crippen LogP contribution in [0, 0.1) is 0 Å². The average molecular weight is 346 g/mol. The van der Waals surface area contributed by atoms with E-state index in [4.69, 9.17) is 9.07 Å². The summed E-state index contributed by atoms with van der Waals surface area (Å²) in [6.07, 6.45) is 1.85. The van der Waals surface area contributed by atoms with E-state index in [1.54, 1.807) is 21.3 Å². The van der Waals surface area contributed by atoms with E-state index < -0.39 is 11.2 Å². The molecule has 2 aromatic heterocycles. The van der Waals surface area contributed by atoms with Crippen molar-refractivity contribution in [3.8, 4) is 0 Å². The van der Waals surface area contributed by atoms with E-state index in [-0.39, 0.29) is 0 Å². The van der Waals surface area contributed by atoms with Gasteiger partial charge in [0.2, 0.25) is 0 Å². The summed E-state index contributed by atoms with van der Waals surface area (Å²) < 4.78 is 12.1. The monoisotopic (exact) mass is 346 g/mol. The van der Waals surface area contributed by atoms with Gasteiger partial charge in [-0.3, -0.25) is 4.98 Å². The second-order valence-electron chi connectivity index (χ2n) is 7.65. The summed E-state index contributed by atoms with van der Waals surface area (Å²) in [7, 11) is 1.70. The molecule has 0 atom stereocenters. The van der Waals surface area contributed by atoms with Crippen LogP contribution in [0.5, 0.6) is 0 Å². The molecule has 0 fully saturated rings. The van der Waals surface area contributed by atoms with E-state index in [0.29, 0.717) is 0 Å². The van der Waals surface area contributed by atoms with Crippen LogP contribution in [-0.4, -0.2) is 28.8 Å². The molecule has 0 saturated carbocycles. The lowest BCUT2D eigenvalue weighted by Gasteiger charge is -2.37. The first kappa shape index (κ1) is 17.1. The highest BCUT2D eigenvalue weighted by molar-refractivity contribution is 6.53. The number of hydrogen-bond acceptors (Lipinski definition) is 4. The summed E-state index contributed by atoms with van der Waals surface area (Å²) in [6.45, 7) is 7.22. The summed E-state index contributed by atoms with van der Waals surface area (Å²) in [5.41, 5.74) is 1.71. The molecule has 0 spiro atoms. The van der Waals surface area contributed by atoms with Gasteiger partial charge in [-0.15, -0.1) is 0 Å². The minimum atomic E-state index is -0.979. The van der Waals surface area contributed by atoms with Gasteiger partial charge in [0.15, 0.2) is 0 Å². The first-order valence-corrected chi connectivity index (χ1v) is 8.70. The van der Waals surface area contributed by atoms with E-state index in [0.717, 1.165) is 38.3 Å². The fraction of sp³-hybridized carbons (Fsp3) is 0.286. The van der Waals surface area contributed by atoms with Crippen molar-refractivity contribution in [1.82, 2.24) is 4.98 Å². The molecule has 0 amide bonds. The number of hydrogen-bond donors (Lipinski definition) is 1. The van der Waals surface area contributed by atoms with Crippen molar-refractivity contribution in [2.45, 2.75) is 38.9 Å². The molecule has 0 unspecified atom stereocenters. The molecule has 2 heterocycles. The Kier molecular flexibility index (Phi) is 3.83. The number of pyridine rings is 1. The van der Waals surface area contributed by atoms with Crippen LogP contribution < -0.4 is 5.46 Å². The number of furan rings is 1. The number of nitrogens with zero attached hydrogens (tertiary/aromatic N) is 1. The third kappa shape index (κ3) is 2.68. The molecule has 1 radical (unpaired) electrons. The minimum absolute atomic E-state index is 0.736. The predicted molar refractivity (Wildman–Crippen MR) is 106 cm³/mol. The van der Waals surface area contributed by atoms with Crippen molar-refractivity contribution in [2.75, 3.05) is 0 Å². The summed E-state index contributed by atoms with van der Waals surface area (Å²) in [4.78, 5) is 4.57. The molecule has 0 saturated heterocycles. The van der Waals surface area contributed by atoms with E-state index >= 15 is 0 Å². The Balaban J connectivity index is 1.85. The van der Waals surface area contributed by atoms with E-state index in [1.165, 1.54) is 0 Å². The van der Waals surface area contributed by atoms with Gasteiger partial charge in [0.1, 0.15) is 11.2 Å². The van der Waals surface area contributed by atoms with Gasteiger partial charge >= 0.3 is 7.48 Å². The second-order valence-corrected chi connectivity index (χ2v) is 7.65. The number of aromatic nitrogens is 1. The smallest absolute Gasteiger partial charge is 0.331 e. The normalized spacial score (nSPS) is 13.0. The maximum atomic E-state index is 10.3. The topological polar surface area (TPSA) is 55.5 Å². The molecule has 2 aromatic carbocycles. The molecular formula is C21H21BNO3. The molecule has 131 valence electrons. The maximum absolute atomic E-state index is 10.3. The fourth-order valence-electron chi connectivity index (χ4n) is 2.89. The lowest BCUT2D eigenvalue weighted by atomic mass is 9.80. The Bertz CT molecular complexity index is 1110. The molecule has 4 rings (SSSR count). The molecule has 5 heteroatoms. The standard InChI is InChI=1S/C21H21BNO3/c1-20(2,24)21(3,4)26-22-15-9-7-11-17-18(15)14-12-23-16-10-6-5-8-13(16)19(14)25-17/h5-12,24H,1-4H3.